The Kier molecular flexibility index (Phi) is 5.56. The minimum Gasteiger partial charge on any atom is -0.372 e. The predicted molar refractivity (Wildman–Crippen MR) is 114 cm³/mol. The molecule has 0 bridgehead atoms. The first-order valence-corrected chi connectivity index (χ1v) is 9.95. The van der Waals surface area contributed by atoms with Crippen LogP contribution in [0.1, 0.15) is 39.4 Å². The topological polar surface area (TPSA) is 79.3 Å². The Morgan fingerprint density at radius 3 is 2.52 bits per heavy atom. The summed E-state index contributed by atoms with van der Waals surface area (Å²) in [5.74, 6) is -1.66. The lowest BCUT2D eigenvalue weighted by Crippen LogP contribution is -2.43. The summed E-state index contributed by atoms with van der Waals surface area (Å²) in [5, 5.41) is 5.34. The third-order valence-corrected chi connectivity index (χ3v) is 5.37. The molecule has 33 heavy (non-hydrogen) atoms. The number of nitrogens with one attached hydrogen (secondary N) is 2. The third-order valence-electron chi connectivity index (χ3n) is 5.37. The van der Waals surface area contributed by atoms with E-state index in [1.807, 2.05) is 0 Å². The number of hydrogen-bond acceptors (Lipinski definition) is 4. The maximum Gasteiger partial charge on any atom is 0.416 e. The highest BCUT2D eigenvalue weighted by Crippen LogP contribution is 2.35. The van der Waals surface area contributed by atoms with Gasteiger partial charge in [-0.25, -0.2) is 4.98 Å². The zero-order valence-corrected chi connectivity index (χ0v) is 17.6. The lowest BCUT2D eigenvalue weighted by atomic mass is 10.1. The summed E-state index contributed by atoms with van der Waals surface area (Å²) < 4.78 is 54.6. The van der Waals surface area contributed by atoms with E-state index in [2.05, 4.69) is 15.6 Å². The van der Waals surface area contributed by atoms with Crippen LogP contribution in [0, 0.1) is 5.95 Å². The van der Waals surface area contributed by atoms with Crippen LogP contribution in [0.2, 0.25) is 0 Å². The van der Waals surface area contributed by atoms with Crippen LogP contribution in [0.5, 0.6) is 0 Å². The lowest BCUT2D eigenvalue weighted by Gasteiger charge is -2.33. The number of aromatic nitrogens is 2. The highest BCUT2D eigenvalue weighted by molar-refractivity contribution is 6.14. The zero-order chi connectivity index (χ0) is 23.9. The van der Waals surface area contributed by atoms with E-state index >= 15 is 0 Å². The third kappa shape index (κ3) is 4.01. The Bertz CT molecular complexity index is 1220. The first-order valence-electron chi connectivity index (χ1n) is 9.95. The van der Waals surface area contributed by atoms with Crippen LogP contribution in [0.15, 0.2) is 48.7 Å². The molecular weight excluding hydrogens is 442 g/mol. The van der Waals surface area contributed by atoms with Crippen LogP contribution in [0.3, 0.4) is 0 Å². The van der Waals surface area contributed by atoms with Crippen LogP contribution in [0.4, 0.5) is 34.8 Å². The van der Waals surface area contributed by atoms with Crippen molar-refractivity contribution in [2.75, 3.05) is 29.1 Å². The van der Waals surface area contributed by atoms with Gasteiger partial charge >= 0.3 is 6.18 Å². The van der Waals surface area contributed by atoms with Crippen molar-refractivity contribution >= 4 is 29.0 Å². The van der Waals surface area contributed by atoms with Crippen molar-refractivity contribution in [2.24, 2.45) is 0 Å². The molecule has 1 aromatic carbocycles. The van der Waals surface area contributed by atoms with Gasteiger partial charge in [0.2, 0.25) is 0 Å². The maximum atomic E-state index is 14.7. The summed E-state index contributed by atoms with van der Waals surface area (Å²) in [7, 11) is 1.59. The van der Waals surface area contributed by atoms with Crippen LogP contribution in [0.25, 0.3) is 0 Å². The predicted octanol–water partition coefficient (Wildman–Crippen LogP) is 4.56. The molecule has 1 aliphatic heterocycles. The van der Waals surface area contributed by atoms with Crippen molar-refractivity contribution in [1.82, 2.24) is 9.55 Å². The van der Waals surface area contributed by atoms with Gasteiger partial charge in [0.1, 0.15) is 11.5 Å². The minimum atomic E-state index is -4.51. The summed E-state index contributed by atoms with van der Waals surface area (Å²) in [4.78, 5) is 31.4. The van der Waals surface area contributed by atoms with Gasteiger partial charge in [0.05, 0.1) is 22.9 Å². The molecule has 2 N–H and O–H groups in total. The van der Waals surface area contributed by atoms with Gasteiger partial charge in [0.15, 0.2) is 5.95 Å². The molecule has 0 fully saturated rings. The fraction of sp³-hybridized carbons (Fsp3) is 0.227. The van der Waals surface area contributed by atoms with Gasteiger partial charge in [-0.05, 0) is 43.3 Å². The normalized spacial score (nSPS) is 15.9. The van der Waals surface area contributed by atoms with Crippen molar-refractivity contribution in [3.8, 4) is 0 Å². The minimum absolute atomic E-state index is 0.0443. The van der Waals surface area contributed by atoms with Gasteiger partial charge in [-0.15, -0.1) is 0 Å². The molecule has 11 heteroatoms. The molecule has 3 aromatic rings. The van der Waals surface area contributed by atoms with Crippen molar-refractivity contribution in [2.45, 2.75) is 19.1 Å². The highest BCUT2D eigenvalue weighted by atomic mass is 19.4. The zero-order valence-electron chi connectivity index (χ0n) is 17.6. The van der Waals surface area contributed by atoms with Gasteiger partial charge in [-0.3, -0.25) is 9.59 Å². The maximum absolute atomic E-state index is 14.7. The second kappa shape index (κ2) is 8.23. The molecule has 0 saturated carbocycles. The molecular formula is C22H19F4N5O2. The lowest BCUT2D eigenvalue weighted by molar-refractivity contribution is -0.137. The van der Waals surface area contributed by atoms with Gasteiger partial charge in [0.25, 0.3) is 11.8 Å². The van der Waals surface area contributed by atoms with Crippen molar-refractivity contribution < 1.29 is 27.2 Å². The van der Waals surface area contributed by atoms with Gasteiger partial charge in [-0.1, -0.05) is 0 Å². The molecule has 0 unspecified atom stereocenters. The second-order valence-electron chi connectivity index (χ2n) is 7.51. The Hall–Kier alpha value is -3.89. The molecule has 0 saturated heterocycles. The van der Waals surface area contributed by atoms with E-state index in [9.17, 15) is 27.2 Å². The first-order chi connectivity index (χ1) is 15.6. The first kappa shape index (κ1) is 22.3. The van der Waals surface area contributed by atoms with E-state index < -0.39 is 35.5 Å². The molecule has 3 heterocycles. The van der Waals surface area contributed by atoms with Gasteiger partial charge in [0, 0.05) is 31.5 Å². The van der Waals surface area contributed by atoms with E-state index in [0.29, 0.717) is 5.82 Å². The quantitative estimate of drug-likeness (QED) is 0.559. The number of alkyl halides is 3. The average Bonchev–Trinajstić information content (AvgIpc) is 3.12. The number of amides is 2. The largest absolute Gasteiger partial charge is 0.416 e. The van der Waals surface area contributed by atoms with E-state index in [1.165, 1.54) is 33.9 Å². The monoisotopic (exact) mass is 461 g/mol. The summed E-state index contributed by atoms with van der Waals surface area (Å²) >= 11 is 0. The number of carbonyl (C=O) groups is 2. The number of hydrogen-bond donors (Lipinski definition) is 2. The highest BCUT2D eigenvalue weighted by Gasteiger charge is 2.36. The summed E-state index contributed by atoms with van der Waals surface area (Å²) in [6.07, 6.45) is -3.01. The summed E-state index contributed by atoms with van der Waals surface area (Å²) in [6, 6.07) is 7.74. The molecule has 2 amide bonds. The number of rotatable bonds is 4. The van der Waals surface area contributed by atoms with Crippen molar-refractivity contribution in [3.05, 3.63) is 71.4 Å². The molecule has 1 atom stereocenters. The molecule has 0 radical (unpaired) electrons. The Labute approximate surface area is 186 Å². The number of benzene rings is 1. The fourth-order valence-electron chi connectivity index (χ4n) is 3.83. The Morgan fingerprint density at radius 2 is 1.88 bits per heavy atom. The summed E-state index contributed by atoms with van der Waals surface area (Å²) in [6.45, 7) is 1.71. The van der Waals surface area contributed by atoms with Crippen LogP contribution < -0.4 is 15.5 Å². The average molecular weight is 461 g/mol. The smallest absolute Gasteiger partial charge is 0.372 e. The van der Waals surface area contributed by atoms with Crippen LogP contribution in [-0.4, -0.2) is 35.0 Å². The molecule has 2 aromatic heterocycles. The molecule has 0 aliphatic carbocycles. The van der Waals surface area contributed by atoms with E-state index in [0.717, 1.165) is 18.2 Å². The van der Waals surface area contributed by atoms with Gasteiger partial charge < -0.3 is 20.1 Å². The molecule has 7 nitrogen and oxygen atoms in total. The van der Waals surface area contributed by atoms with E-state index in [1.54, 1.807) is 20.0 Å². The standard InChI is InChI=1S/C22H19F4N5O2/c1-12-11-30(14-7-5-13(6-8-14)22(24,25)26)21(33)18-16(10-17(23)31(12)18)29-20(32)15-4-3-9-28-19(15)27-2/h3-10,12H,11H2,1-2H3,(H,27,28)(H,29,32)/t12-/m0/s1. The molecule has 4 rings (SSSR count). The number of fused-ring (bicyclic) bond motifs is 1. The van der Waals surface area contributed by atoms with Crippen molar-refractivity contribution in [1.29, 1.82) is 0 Å². The summed E-state index contributed by atoms with van der Waals surface area (Å²) in [5.41, 5.74) is -0.569. The molecule has 172 valence electrons. The number of anilines is 3. The number of nitrogens with zero attached hydrogens (tertiary/aromatic N) is 3. The van der Waals surface area contributed by atoms with Crippen LogP contribution in [-0.2, 0) is 6.18 Å². The number of pyridine rings is 1. The van der Waals surface area contributed by atoms with E-state index in [-0.39, 0.29) is 29.2 Å². The molecule has 1 aliphatic rings. The van der Waals surface area contributed by atoms with E-state index in [4.69, 9.17) is 0 Å². The Balaban J connectivity index is 1.68. The fourth-order valence-corrected chi connectivity index (χ4v) is 3.83. The van der Waals surface area contributed by atoms with Gasteiger partial charge in [-0.2, -0.15) is 17.6 Å². The SMILES string of the molecule is CNc1ncccc1C(=O)Nc1cc(F)n2c1C(=O)N(c1ccc(C(F)(F)F)cc1)C[C@@H]2C. The number of halogens is 4. The number of carbonyl (C=O) groups excluding carboxylic acids is 2. The Morgan fingerprint density at radius 1 is 1.18 bits per heavy atom. The van der Waals surface area contributed by atoms with Crippen molar-refractivity contribution in [3.63, 3.8) is 0 Å². The second-order valence-corrected chi connectivity index (χ2v) is 7.51. The molecule has 0 spiro atoms. The van der Waals surface area contributed by atoms with Crippen LogP contribution >= 0.6 is 0 Å².